The number of thioether (sulfide) groups is 1. The fourth-order valence-electron chi connectivity index (χ4n) is 3.38. The Morgan fingerprint density at radius 2 is 1.53 bits per heavy atom. The first-order chi connectivity index (χ1) is 17.4. The van der Waals surface area contributed by atoms with Gasteiger partial charge in [0.2, 0.25) is 5.91 Å². The largest absolute Gasteiger partial charge is 0.324 e. The van der Waals surface area contributed by atoms with Gasteiger partial charge in [-0.05, 0) is 64.0 Å². The van der Waals surface area contributed by atoms with Gasteiger partial charge in [0, 0.05) is 32.8 Å². The van der Waals surface area contributed by atoms with Crippen LogP contribution in [-0.2, 0) is 4.79 Å². The summed E-state index contributed by atoms with van der Waals surface area (Å²) in [4.78, 5) is 37.1. The van der Waals surface area contributed by atoms with E-state index in [2.05, 4.69) is 26.6 Å². The van der Waals surface area contributed by atoms with Crippen LogP contribution in [0.5, 0.6) is 0 Å². The number of nitro benzene ring substituents is 1. The SMILES string of the molecule is O=C(Nc1cccc(SC(C(=O)Nc2ccccc2Br)c2ccccc2)c1)c1ccc([N+](=O)[O-])cc1. The molecule has 9 heteroatoms. The van der Waals surface area contributed by atoms with E-state index in [0.29, 0.717) is 16.9 Å². The van der Waals surface area contributed by atoms with Crippen LogP contribution in [0.3, 0.4) is 0 Å². The van der Waals surface area contributed by atoms with Crippen LogP contribution in [0.4, 0.5) is 17.1 Å². The van der Waals surface area contributed by atoms with Gasteiger partial charge in [-0.2, -0.15) is 0 Å². The second kappa shape index (κ2) is 11.7. The molecular formula is C27H20BrN3O4S. The number of nitro groups is 1. The molecule has 0 bridgehead atoms. The van der Waals surface area contributed by atoms with Gasteiger partial charge in [0.15, 0.2) is 0 Å². The quantitative estimate of drug-likeness (QED) is 0.136. The first kappa shape index (κ1) is 25.2. The lowest BCUT2D eigenvalue weighted by atomic mass is 10.1. The topological polar surface area (TPSA) is 101 Å². The summed E-state index contributed by atoms with van der Waals surface area (Å²) < 4.78 is 0.783. The Kier molecular flexibility index (Phi) is 8.14. The average molecular weight is 562 g/mol. The molecule has 0 spiro atoms. The van der Waals surface area contributed by atoms with Gasteiger partial charge in [-0.15, -0.1) is 11.8 Å². The van der Waals surface area contributed by atoms with Crippen molar-refractivity contribution in [2.24, 2.45) is 0 Å². The van der Waals surface area contributed by atoms with Crippen molar-refractivity contribution in [1.82, 2.24) is 0 Å². The molecular weight excluding hydrogens is 542 g/mol. The molecule has 0 aliphatic carbocycles. The monoisotopic (exact) mass is 561 g/mol. The minimum absolute atomic E-state index is 0.0855. The van der Waals surface area contributed by atoms with Crippen molar-refractivity contribution >= 4 is 56.6 Å². The van der Waals surface area contributed by atoms with E-state index in [4.69, 9.17) is 0 Å². The highest BCUT2D eigenvalue weighted by Crippen LogP contribution is 2.37. The molecule has 4 aromatic rings. The van der Waals surface area contributed by atoms with E-state index < -0.39 is 16.1 Å². The molecule has 0 saturated carbocycles. The van der Waals surface area contributed by atoms with Gasteiger partial charge in [-0.25, -0.2) is 0 Å². The molecule has 180 valence electrons. The first-order valence-corrected chi connectivity index (χ1v) is 12.5. The van der Waals surface area contributed by atoms with Crippen LogP contribution in [0.1, 0.15) is 21.2 Å². The average Bonchev–Trinajstić information content (AvgIpc) is 2.89. The van der Waals surface area contributed by atoms with Crippen LogP contribution in [0.15, 0.2) is 112 Å². The molecule has 2 N–H and O–H groups in total. The molecule has 4 aromatic carbocycles. The fourth-order valence-corrected chi connectivity index (χ4v) is 4.85. The van der Waals surface area contributed by atoms with Gasteiger partial charge >= 0.3 is 0 Å². The maximum Gasteiger partial charge on any atom is 0.269 e. The lowest BCUT2D eigenvalue weighted by Crippen LogP contribution is -2.19. The number of hydrogen-bond acceptors (Lipinski definition) is 5. The minimum Gasteiger partial charge on any atom is -0.324 e. The number of anilines is 2. The Morgan fingerprint density at radius 3 is 2.22 bits per heavy atom. The number of carbonyl (C=O) groups excluding carboxylic acids is 2. The molecule has 0 aliphatic heterocycles. The molecule has 0 heterocycles. The van der Waals surface area contributed by atoms with Crippen molar-refractivity contribution in [1.29, 1.82) is 0 Å². The Morgan fingerprint density at radius 1 is 0.833 bits per heavy atom. The van der Waals surface area contributed by atoms with Crippen LogP contribution in [0.2, 0.25) is 0 Å². The van der Waals surface area contributed by atoms with Crippen molar-refractivity contribution in [2.75, 3.05) is 10.6 Å². The number of para-hydroxylation sites is 1. The van der Waals surface area contributed by atoms with E-state index in [1.165, 1.54) is 36.0 Å². The highest BCUT2D eigenvalue weighted by molar-refractivity contribution is 9.10. The number of benzene rings is 4. The summed E-state index contributed by atoms with van der Waals surface area (Å²) in [6.45, 7) is 0. The van der Waals surface area contributed by atoms with Crippen molar-refractivity contribution in [3.05, 3.63) is 129 Å². The van der Waals surface area contributed by atoms with Gasteiger partial charge in [-0.3, -0.25) is 19.7 Å². The number of halogens is 1. The van der Waals surface area contributed by atoms with E-state index in [9.17, 15) is 19.7 Å². The Hall–Kier alpha value is -3.95. The van der Waals surface area contributed by atoms with Crippen LogP contribution in [-0.4, -0.2) is 16.7 Å². The van der Waals surface area contributed by atoms with Gasteiger partial charge in [0.05, 0.1) is 10.6 Å². The zero-order valence-corrected chi connectivity index (χ0v) is 21.2. The lowest BCUT2D eigenvalue weighted by Gasteiger charge is -2.18. The molecule has 0 saturated heterocycles. The van der Waals surface area contributed by atoms with E-state index >= 15 is 0 Å². The zero-order valence-electron chi connectivity index (χ0n) is 18.8. The van der Waals surface area contributed by atoms with E-state index in [-0.39, 0.29) is 11.6 Å². The van der Waals surface area contributed by atoms with Crippen molar-refractivity contribution in [3.8, 4) is 0 Å². The smallest absolute Gasteiger partial charge is 0.269 e. The van der Waals surface area contributed by atoms with Crippen molar-refractivity contribution in [2.45, 2.75) is 10.1 Å². The molecule has 0 aliphatic rings. The molecule has 1 atom stereocenters. The van der Waals surface area contributed by atoms with Crippen LogP contribution in [0.25, 0.3) is 0 Å². The number of amides is 2. The minimum atomic E-state index is -0.543. The van der Waals surface area contributed by atoms with Gasteiger partial charge in [0.1, 0.15) is 5.25 Å². The normalized spacial score (nSPS) is 11.4. The summed E-state index contributed by atoms with van der Waals surface area (Å²) in [6.07, 6.45) is 0. The van der Waals surface area contributed by atoms with Gasteiger partial charge < -0.3 is 10.6 Å². The highest BCUT2D eigenvalue weighted by Gasteiger charge is 2.23. The third kappa shape index (κ3) is 6.38. The fraction of sp³-hybridized carbons (Fsp3) is 0.0370. The first-order valence-electron chi connectivity index (χ1n) is 10.8. The third-order valence-electron chi connectivity index (χ3n) is 5.16. The highest BCUT2D eigenvalue weighted by atomic mass is 79.9. The van der Waals surface area contributed by atoms with E-state index in [1.807, 2.05) is 60.7 Å². The van der Waals surface area contributed by atoms with Crippen molar-refractivity contribution in [3.63, 3.8) is 0 Å². The van der Waals surface area contributed by atoms with Crippen LogP contribution in [0, 0.1) is 10.1 Å². The molecule has 2 amide bonds. The second-order valence-electron chi connectivity index (χ2n) is 7.66. The third-order valence-corrected chi connectivity index (χ3v) is 7.10. The Labute approximate surface area is 220 Å². The summed E-state index contributed by atoms with van der Waals surface area (Å²) in [5, 5.41) is 16.1. The number of hydrogen-bond donors (Lipinski definition) is 2. The van der Waals surface area contributed by atoms with Crippen LogP contribution < -0.4 is 10.6 Å². The number of nitrogens with zero attached hydrogens (tertiary/aromatic N) is 1. The molecule has 0 fully saturated rings. The molecule has 0 aromatic heterocycles. The predicted octanol–water partition coefficient (Wildman–Crippen LogP) is 7.08. The van der Waals surface area contributed by atoms with Gasteiger partial charge in [-0.1, -0.05) is 48.5 Å². The molecule has 0 radical (unpaired) electrons. The molecule has 4 rings (SSSR count). The number of rotatable bonds is 8. The van der Waals surface area contributed by atoms with Crippen molar-refractivity contribution < 1.29 is 14.5 Å². The van der Waals surface area contributed by atoms with Gasteiger partial charge in [0.25, 0.3) is 11.6 Å². The predicted molar refractivity (Wildman–Crippen MR) is 145 cm³/mol. The number of nitrogens with one attached hydrogen (secondary N) is 2. The maximum absolute atomic E-state index is 13.3. The molecule has 1 unspecified atom stereocenters. The number of carbonyl (C=O) groups is 2. The Bertz CT molecular complexity index is 1400. The van der Waals surface area contributed by atoms with Crippen LogP contribution >= 0.6 is 27.7 Å². The summed E-state index contributed by atoms with van der Waals surface area (Å²) >= 11 is 4.83. The second-order valence-corrected chi connectivity index (χ2v) is 9.70. The summed E-state index contributed by atoms with van der Waals surface area (Å²) in [7, 11) is 0. The Balaban J connectivity index is 1.53. The summed E-state index contributed by atoms with van der Waals surface area (Å²) in [5.74, 6) is -0.572. The molecule has 36 heavy (non-hydrogen) atoms. The standard InChI is InChI=1S/C27H20BrN3O4S/c28-23-11-4-5-12-24(23)30-27(33)25(18-7-2-1-3-8-18)36-22-10-6-9-20(17-22)29-26(32)19-13-15-21(16-14-19)31(34)35/h1-17,25H,(H,29,32)(H,30,33). The van der Waals surface area contributed by atoms with E-state index in [1.54, 1.807) is 18.2 Å². The summed E-state index contributed by atoms with van der Waals surface area (Å²) in [5.41, 5.74) is 2.27. The maximum atomic E-state index is 13.3. The summed E-state index contributed by atoms with van der Waals surface area (Å²) in [6, 6.07) is 29.4. The molecule has 7 nitrogen and oxygen atoms in total. The number of non-ortho nitro benzene ring substituents is 1. The zero-order chi connectivity index (χ0) is 25.5. The van der Waals surface area contributed by atoms with E-state index in [0.717, 1.165) is 14.9 Å². The lowest BCUT2D eigenvalue weighted by molar-refractivity contribution is -0.384.